The second-order valence-corrected chi connectivity index (χ2v) is 3.48. The molecule has 0 amide bonds. The highest BCUT2D eigenvalue weighted by molar-refractivity contribution is 6.82. The van der Waals surface area contributed by atoms with Crippen molar-refractivity contribution >= 4 is 40.0 Å². The van der Waals surface area contributed by atoms with Crippen LogP contribution in [-0.4, -0.2) is 17.7 Å². The number of para-hydroxylation sites is 1. The molecule has 0 aliphatic heterocycles. The Labute approximate surface area is 103 Å². The number of nitrogens with zero attached hydrogens (tertiary/aromatic N) is 1. The molecule has 1 N–H and O–H groups in total. The van der Waals surface area contributed by atoms with Crippen LogP contribution < -0.4 is 5.43 Å². The number of hydrazone groups is 1. The summed E-state index contributed by atoms with van der Waals surface area (Å²) in [5.74, 6) is -0.677. The monoisotopic (exact) mass is 260 g/mol. The number of nitrogens with one attached hydrogen (secondary N) is 1. The molecule has 0 radical (unpaired) electrons. The molecule has 0 bridgehead atoms. The number of rotatable bonds is 4. The summed E-state index contributed by atoms with van der Waals surface area (Å²) in [5.41, 5.74) is 3.14. The summed E-state index contributed by atoms with van der Waals surface area (Å²) >= 11 is 11.4. The molecule has 1 aromatic carbocycles. The molecule has 0 atom stereocenters. The fourth-order valence-corrected chi connectivity index (χ4v) is 1.17. The lowest BCUT2D eigenvalue weighted by Crippen LogP contribution is -2.13. The van der Waals surface area contributed by atoms with E-state index in [1.165, 1.54) is 0 Å². The van der Waals surface area contributed by atoms with Gasteiger partial charge in [-0.15, -0.1) is 0 Å². The van der Waals surface area contributed by atoms with Gasteiger partial charge < -0.3 is 4.74 Å². The van der Waals surface area contributed by atoms with Gasteiger partial charge in [-0.3, -0.25) is 5.43 Å². The van der Waals surface area contributed by atoms with Crippen LogP contribution in [0.4, 0.5) is 5.69 Å². The van der Waals surface area contributed by atoms with E-state index in [0.717, 1.165) is 0 Å². The van der Waals surface area contributed by atoms with Gasteiger partial charge in [-0.2, -0.15) is 5.10 Å². The summed E-state index contributed by atoms with van der Waals surface area (Å²) in [6.45, 7) is 1.93. The Morgan fingerprint density at radius 2 is 2.19 bits per heavy atom. The molecule has 0 spiro atoms. The van der Waals surface area contributed by atoms with Crippen molar-refractivity contribution in [2.45, 2.75) is 6.92 Å². The predicted octanol–water partition coefficient (Wildman–Crippen LogP) is 2.87. The number of hydrogen-bond donors (Lipinski definition) is 1. The van der Waals surface area contributed by atoms with E-state index in [-0.39, 0.29) is 11.8 Å². The zero-order valence-electron chi connectivity index (χ0n) is 8.54. The van der Waals surface area contributed by atoms with Gasteiger partial charge in [0.2, 0.25) is 5.17 Å². The third kappa shape index (κ3) is 3.72. The van der Waals surface area contributed by atoms with E-state index < -0.39 is 5.97 Å². The van der Waals surface area contributed by atoms with Crippen molar-refractivity contribution in [2.75, 3.05) is 12.0 Å². The largest absolute Gasteiger partial charge is 0.461 e. The van der Waals surface area contributed by atoms with Gasteiger partial charge in [0.25, 0.3) is 0 Å². The summed E-state index contributed by atoms with van der Waals surface area (Å²) < 4.78 is 4.65. The maximum atomic E-state index is 11.1. The van der Waals surface area contributed by atoms with Crippen LogP contribution in [0, 0.1) is 0 Å². The lowest BCUT2D eigenvalue weighted by molar-refractivity contribution is -0.134. The smallest absolute Gasteiger partial charge is 0.370 e. The number of halogens is 2. The van der Waals surface area contributed by atoms with E-state index in [1.54, 1.807) is 31.2 Å². The fourth-order valence-electron chi connectivity index (χ4n) is 0.897. The van der Waals surface area contributed by atoms with Gasteiger partial charge in [-0.05, 0) is 19.1 Å². The molecule has 0 fully saturated rings. The van der Waals surface area contributed by atoms with Crippen molar-refractivity contribution in [3.05, 3.63) is 29.3 Å². The normalized spacial score (nSPS) is 11.1. The minimum absolute atomic E-state index is 0.247. The van der Waals surface area contributed by atoms with Gasteiger partial charge in [0.15, 0.2) is 0 Å². The Morgan fingerprint density at radius 1 is 1.50 bits per heavy atom. The number of carbonyl (C=O) groups excluding carboxylic acids is 1. The Morgan fingerprint density at radius 3 is 2.81 bits per heavy atom. The Bertz CT molecular complexity index is 408. The van der Waals surface area contributed by atoms with Crippen LogP contribution in [0.1, 0.15) is 6.92 Å². The maximum Gasteiger partial charge on any atom is 0.370 e. The van der Waals surface area contributed by atoms with E-state index in [2.05, 4.69) is 15.3 Å². The number of hydrogen-bond acceptors (Lipinski definition) is 4. The summed E-state index contributed by atoms with van der Waals surface area (Å²) in [4.78, 5) is 11.1. The van der Waals surface area contributed by atoms with Gasteiger partial charge in [-0.25, -0.2) is 4.79 Å². The van der Waals surface area contributed by atoms with Crippen molar-refractivity contribution in [3.8, 4) is 0 Å². The summed E-state index contributed by atoms with van der Waals surface area (Å²) in [6.07, 6.45) is 0. The molecule has 0 aliphatic rings. The van der Waals surface area contributed by atoms with Crippen LogP contribution in [0.2, 0.25) is 5.02 Å². The third-order valence-corrected chi connectivity index (χ3v) is 2.16. The first-order chi connectivity index (χ1) is 7.65. The zero-order valence-corrected chi connectivity index (χ0v) is 10.0. The summed E-state index contributed by atoms with van der Waals surface area (Å²) in [6, 6.07) is 6.96. The molecular formula is C10H10Cl2N2O2. The highest BCUT2D eigenvalue weighted by Crippen LogP contribution is 2.20. The fraction of sp³-hybridized carbons (Fsp3) is 0.200. The molecule has 0 unspecified atom stereocenters. The highest BCUT2D eigenvalue weighted by Gasteiger charge is 2.09. The van der Waals surface area contributed by atoms with Gasteiger partial charge in [0.1, 0.15) is 0 Å². The molecule has 16 heavy (non-hydrogen) atoms. The maximum absolute atomic E-state index is 11.1. The van der Waals surface area contributed by atoms with Crippen LogP contribution in [0.25, 0.3) is 0 Å². The predicted molar refractivity (Wildman–Crippen MR) is 65.0 cm³/mol. The number of carbonyl (C=O) groups is 1. The molecule has 4 nitrogen and oxygen atoms in total. The average molecular weight is 261 g/mol. The highest BCUT2D eigenvalue weighted by atomic mass is 35.5. The standard InChI is InChI=1S/C10H10Cl2N2O2/c1-2-16-10(15)9(12)14-13-8-6-4-3-5-7(8)11/h3-6,13H,2H2,1H3. The molecule has 0 heterocycles. The quantitative estimate of drug-likeness (QED) is 0.515. The first-order valence-electron chi connectivity index (χ1n) is 4.56. The average Bonchev–Trinajstić information content (AvgIpc) is 2.28. The van der Waals surface area contributed by atoms with Gasteiger partial charge in [0, 0.05) is 0 Å². The second-order valence-electron chi connectivity index (χ2n) is 2.71. The topological polar surface area (TPSA) is 50.7 Å². The molecule has 0 saturated heterocycles. The number of esters is 1. The van der Waals surface area contributed by atoms with Crippen LogP contribution in [0.5, 0.6) is 0 Å². The first-order valence-corrected chi connectivity index (χ1v) is 5.31. The molecule has 1 rings (SSSR count). The lowest BCUT2D eigenvalue weighted by Gasteiger charge is -2.03. The first kappa shape index (κ1) is 12.8. The summed E-state index contributed by atoms with van der Waals surface area (Å²) in [7, 11) is 0. The van der Waals surface area contributed by atoms with Crippen LogP contribution >= 0.6 is 23.2 Å². The minimum atomic E-state index is -0.677. The Balaban J connectivity index is 2.66. The van der Waals surface area contributed by atoms with E-state index in [9.17, 15) is 4.79 Å². The van der Waals surface area contributed by atoms with Crippen LogP contribution in [0.3, 0.4) is 0 Å². The third-order valence-electron chi connectivity index (χ3n) is 1.59. The second kappa shape index (κ2) is 6.35. The van der Waals surface area contributed by atoms with Crippen molar-refractivity contribution < 1.29 is 9.53 Å². The van der Waals surface area contributed by atoms with Gasteiger partial charge in [-0.1, -0.05) is 35.3 Å². The number of ether oxygens (including phenoxy) is 1. The molecule has 86 valence electrons. The van der Waals surface area contributed by atoms with Crippen LogP contribution in [0.15, 0.2) is 29.4 Å². The van der Waals surface area contributed by atoms with Crippen molar-refractivity contribution in [3.63, 3.8) is 0 Å². The van der Waals surface area contributed by atoms with E-state index in [0.29, 0.717) is 10.7 Å². The molecule has 1 aromatic rings. The molecule has 0 aromatic heterocycles. The molecular weight excluding hydrogens is 251 g/mol. The van der Waals surface area contributed by atoms with Crippen molar-refractivity contribution in [1.29, 1.82) is 0 Å². The lowest BCUT2D eigenvalue weighted by atomic mass is 10.3. The molecule has 0 aliphatic carbocycles. The Kier molecular flexibility index (Phi) is 5.08. The SMILES string of the molecule is CCOC(=O)C(Cl)=NNc1ccccc1Cl. The van der Waals surface area contributed by atoms with Crippen molar-refractivity contribution in [2.24, 2.45) is 5.10 Å². The van der Waals surface area contributed by atoms with Gasteiger partial charge in [0.05, 0.1) is 17.3 Å². The zero-order chi connectivity index (χ0) is 12.0. The summed E-state index contributed by atoms with van der Waals surface area (Å²) in [5, 5.41) is 3.86. The van der Waals surface area contributed by atoms with Crippen LogP contribution in [-0.2, 0) is 9.53 Å². The Hall–Kier alpha value is -1.26. The van der Waals surface area contributed by atoms with E-state index >= 15 is 0 Å². The minimum Gasteiger partial charge on any atom is -0.461 e. The van der Waals surface area contributed by atoms with E-state index in [1.807, 2.05) is 0 Å². The number of anilines is 1. The van der Waals surface area contributed by atoms with Crippen molar-refractivity contribution in [1.82, 2.24) is 0 Å². The van der Waals surface area contributed by atoms with E-state index in [4.69, 9.17) is 23.2 Å². The molecule has 6 heteroatoms. The van der Waals surface area contributed by atoms with Gasteiger partial charge >= 0.3 is 5.97 Å². The number of benzene rings is 1. The molecule has 0 saturated carbocycles.